The number of hydrogen-bond acceptors (Lipinski definition) is 6. The van der Waals surface area contributed by atoms with Crippen molar-refractivity contribution >= 4 is 17.6 Å². The van der Waals surface area contributed by atoms with Crippen LogP contribution in [0, 0.1) is 5.82 Å². The van der Waals surface area contributed by atoms with Crippen LogP contribution in [-0.2, 0) is 6.42 Å². The van der Waals surface area contributed by atoms with Gasteiger partial charge in [0.25, 0.3) is 0 Å². The zero-order valence-electron chi connectivity index (χ0n) is 20.6. The zero-order valence-corrected chi connectivity index (χ0v) is 21.5. The topological polar surface area (TPSA) is 56.3 Å². The van der Waals surface area contributed by atoms with E-state index in [2.05, 4.69) is 45.9 Å². The first-order valence-corrected chi connectivity index (χ1v) is 13.2. The van der Waals surface area contributed by atoms with Crippen molar-refractivity contribution in [2.24, 2.45) is 0 Å². The maximum atomic E-state index is 14.7. The fraction of sp³-hybridized carbons (Fsp3) is 0.407. The predicted molar refractivity (Wildman–Crippen MR) is 138 cm³/mol. The lowest BCUT2D eigenvalue weighted by molar-refractivity contribution is -0.105. The van der Waals surface area contributed by atoms with Gasteiger partial charge in [0, 0.05) is 17.8 Å². The van der Waals surface area contributed by atoms with E-state index in [1.807, 2.05) is 0 Å². The first kappa shape index (κ1) is 27.0. The number of anilines is 1. The Hall–Kier alpha value is -3.01. The molecule has 0 saturated heterocycles. The minimum absolute atomic E-state index is 0.00193. The lowest BCUT2D eigenvalue weighted by Gasteiger charge is -2.30. The Labute approximate surface area is 218 Å². The van der Waals surface area contributed by atoms with Gasteiger partial charge in [0.15, 0.2) is 0 Å². The second-order valence-electron chi connectivity index (χ2n) is 8.91. The maximum absolute atomic E-state index is 14.7. The quantitative estimate of drug-likeness (QED) is 0.225. The average molecular weight is 536 g/mol. The van der Waals surface area contributed by atoms with Crippen molar-refractivity contribution in [3.8, 4) is 23.0 Å². The SMILES string of the molecule is CCc1ccccc1C1CCC(Oc2ccc(F)c(-c3cnc(OC)c(NSCC(F)(F)F)c3)n2)CC1. The van der Waals surface area contributed by atoms with Gasteiger partial charge in [0.05, 0.1) is 7.11 Å². The van der Waals surface area contributed by atoms with Crippen molar-refractivity contribution in [1.29, 1.82) is 0 Å². The highest BCUT2D eigenvalue weighted by atomic mass is 32.2. The van der Waals surface area contributed by atoms with Crippen molar-refractivity contribution in [2.45, 2.75) is 57.2 Å². The number of nitrogens with one attached hydrogen (secondary N) is 1. The van der Waals surface area contributed by atoms with E-state index >= 15 is 0 Å². The van der Waals surface area contributed by atoms with Crippen LogP contribution in [-0.4, -0.2) is 35.1 Å². The fourth-order valence-corrected chi connectivity index (χ4v) is 5.16. The smallest absolute Gasteiger partial charge is 0.399 e. The molecule has 10 heteroatoms. The molecule has 0 unspecified atom stereocenters. The third-order valence-corrected chi connectivity index (χ3v) is 7.23. The van der Waals surface area contributed by atoms with E-state index in [1.165, 1.54) is 42.6 Å². The van der Waals surface area contributed by atoms with E-state index < -0.39 is 17.7 Å². The van der Waals surface area contributed by atoms with E-state index in [-0.39, 0.29) is 23.4 Å². The van der Waals surface area contributed by atoms with Crippen LogP contribution in [0.3, 0.4) is 0 Å². The summed E-state index contributed by atoms with van der Waals surface area (Å²) in [5, 5.41) is 0. The van der Waals surface area contributed by atoms with Gasteiger partial charge in [-0.2, -0.15) is 13.2 Å². The molecule has 0 bridgehead atoms. The highest BCUT2D eigenvalue weighted by Gasteiger charge is 2.28. The maximum Gasteiger partial charge on any atom is 0.399 e. The highest BCUT2D eigenvalue weighted by Crippen LogP contribution is 2.37. The van der Waals surface area contributed by atoms with E-state index in [0.717, 1.165) is 32.1 Å². The summed E-state index contributed by atoms with van der Waals surface area (Å²) >= 11 is 0.444. The van der Waals surface area contributed by atoms with Crippen LogP contribution in [0.2, 0.25) is 0 Å². The Morgan fingerprint density at radius 3 is 2.54 bits per heavy atom. The number of methoxy groups -OCH3 is 1. The Morgan fingerprint density at radius 2 is 1.84 bits per heavy atom. The molecule has 0 radical (unpaired) electrons. The van der Waals surface area contributed by atoms with Crippen LogP contribution in [0.25, 0.3) is 11.3 Å². The first-order chi connectivity index (χ1) is 17.8. The number of pyridine rings is 2. The number of aromatic nitrogens is 2. The molecule has 2 heterocycles. The van der Waals surface area contributed by atoms with E-state index in [4.69, 9.17) is 9.47 Å². The normalized spacial score (nSPS) is 17.9. The number of hydrogen-bond donors (Lipinski definition) is 1. The van der Waals surface area contributed by atoms with Gasteiger partial charge < -0.3 is 14.2 Å². The summed E-state index contributed by atoms with van der Waals surface area (Å²) in [6.45, 7) is 2.17. The number of aryl methyl sites for hydroxylation is 1. The van der Waals surface area contributed by atoms with Gasteiger partial charge in [-0.3, -0.25) is 0 Å². The van der Waals surface area contributed by atoms with Crippen LogP contribution >= 0.6 is 11.9 Å². The molecule has 0 atom stereocenters. The molecule has 3 aromatic rings. The molecule has 1 aromatic carbocycles. The lowest BCUT2D eigenvalue weighted by atomic mass is 9.80. The van der Waals surface area contributed by atoms with Crippen molar-refractivity contribution in [1.82, 2.24) is 9.97 Å². The van der Waals surface area contributed by atoms with Gasteiger partial charge in [-0.25, -0.2) is 14.4 Å². The minimum atomic E-state index is -4.34. The molecule has 0 aliphatic heterocycles. The Morgan fingerprint density at radius 1 is 1.08 bits per heavy atom. The van der Waals surface area contributed by atoms with Crippen LogP contribution in [0.1, 0.15) is 49.7 Å². The number of ether oxygens (including phenoxy) is 2. The first-order valence-electron chi connectivity index (χ1n) is 12.2. The van der Waals surface area contributed by atoms with Gasteiger partial charge in [0.2, 0.25) is 11.8 Å². The Balaban J connectivity index is 1.45. The van der Waals surface area contributed by atoms with E-state index in [0.29, 0.717) is 29.3 Å². The zero-order chi connectivity index (χ0) is 26.4. The van der Waals surface area contributed by atoms with Gasteiger partial charge >= 0.3 is 6.18 Å². The molecular weight excluding hydrogens is 506 g/mol. The summed E-state index contributed by atoms with van der Waals surface area (Å²) in [5.74, 6) is -0.812. The molecule has 198 valence electrons. The summed E-state index contributed by atoms with van der Waals surface area (Å²) in [6.07, 6.45) is 1.74. The minimum Gasteiger partial charge on any atom is -0.480 e. The lowest BCUT2D eigenvalue weighted by Crippen LogP contribution is -2.24. The number of benzene rings is 1. The summed E-state index contributed by atoms with van der Waals surface area (Å²) in [6, 6.07) is 12.8. The molecule has 1 aliphatic carbocycles. The van der Waals surface area contributed by atoms with Gasteiger partial charge in [-0.05, 0) is 73.2 Å². The fourth-order valence-electron chi connectivity index (χ4n) is 4.62. The second-order valence-corrected chi connectivity index (χ2v) is 9.69. The second kappa shape index (κ2) is 12.0. The average Bonchev–Trinajstić information content (AvgIpc) is 2.89. The van der Waals surface area contributed by atoms with Crippen LogP contribution in [0.4, 0.5) is 23.2 Å². The van der Waals surface area contributed by atoms with Crippen LogP contribution < -0.4 is 14.2 Å². The molecule has 0 amide bonds. The van der Waals surface area contributed by atoms with Crippen molar-refractivity contribution < 1.29 is 27.0 Å². The van der Waals surface area contributed by atoms with Crippen LogP contribution in [0.5, 0.6) is 11.8 Å². The number of halogens is 4. The van der Waals surface area contributed by atoms with E-state index in [9.17, 15) is 17.6 Å². The summed E-state index contributed by atoms with van der Waals surface area (Å²) in [4.78, 5) is 8.46. The van der Waals surface area contributed by atoms with Gasteiger partial charge in [0.1, 0.15) is 29.1 Å². The Bertz CT molecular complexity index is 1200. The summed E-state index contributed by atoms with van der Waals surface area (Å²) in [5.41, 5.74) is 3.28. The molecule has 1 saturated carbocycles. The third-order valence-electron chi connectivity index (χ3n) is 6.39. The summed E-state index contributed by atoms with van der Waals surface area (Å²) < 4.78 is 66.2. The number of alkyl halides is 3. The largest absolute Gasteiger partial charge is 0.480 e. The summed E-state index contributed by atoms with van der Waals surface area (Å²) in [7, 11) is 1.35. The predicted octanol–water partition coefficient (Wildman–Crippen LogP) is 7.58. The molecule has 1 N–H and O–H groups in total. The molecule has 37 heavy (non-hydrogen) atoms. The van der Waals surface area contributed by atoms with Crippen molar-refractivity contribution in [3.63, 3.8) is 0 Å². The highest BCUT2D eigenvalue weighted by molar-refractivity contribution is 8.00. The van der Waals surface area contributed by atoms with Crippen molar-refractivity contribution in [2.75, 3.05) is 17.6 Å². The molecule has 2 aromatic heterocycles. The molecular formula is C27H29F4N3O2S. The molecule has 1 aliphatic rings. The standard InChI is InChI=1S/C27H29F4N3O2S/c1-3-17-6-4-5-7-21(17)18-8-10-20(11-9-18)36-24-13-12-22(28)25(33-24)19-14-23(26(35-2)32-15-19)34-37-16-27(29,30)31/h4-7,12-15,18,20,34H,3,8-11,16H2,1-2H3. The molecule has 4 rings (SSSR count). The monoisotopic (exact) mass is 535 g/mol. The van der Waals surface area contributed by atoms with Gasteiger partial charge in [-0.15, -0.1) is 0 Å². The Kier molecular flexibility index (Phi) is 8.79. The molecule has 1 fully saturated rings. The van der Waals surface area contributed by atoms with Crippen LogP contribution in [0.15, 0.2) is 48.7 Å². The number of nitrogens with zero attached hydrogens (tertiary/aromatic N) is 2. The third kappa shape index (κ3) is 7.06. The van der Waals surface area contributed by atoms with Crippen molar-refractivity contribution in [3.05, 3.63) is 65.6 Å². The van der Waals surface area contributed by atoms with E-state index in [1.54, 1.807) is 0 Å². The number of rotatable bonds is 9. The molecule has 5 nitrogen and oxygen atoms in total. The molecule has 0 spiro atoms. The van der Waals surface area contributed by atoms with Gasteiger partial charge in [-0.1, -0.05) is 31.2 Å².